The van der Waals surface area contributed by atoms with Crippen LogP contribution in [0.3, 0.4) is 0 Å². The Morgan fingerprint density at radius 3 is 2.70 bits per heavy atom. The number of halogens is 2. The quantitative estimate of drug-likeness (QED) is 0.729. The molecule has 1 saturated carbocycles. The Morgan fingerprint density at radius 2 is 2.20 bits per heavy atom. The summed E-state index contributed by atoms with van der Waals surface area (Å²) < 4.78 is 40.1. The van der Waals surface area contributed by atoms with E-state index in [9.17, 15) is 13.6 Å². The van der Waals surface area contributed by atoms with Gasteiger partial charge in [-0.05, 0) is 30.9 Å². The van der Waals surface area contributed by atoms with Crippen LogP contribution >= 0.6 is 0 Å². The van der Waals surface area contributed by atoms with Gasteiger partial charge in [0.2, 0.25) is 5.79 Å². The monoisotopic (exact) mass is 290 g/mol. The van der Waals surface area contributed by atoms with Crippen molar-refractivity contribution in [1.29, 1.82) is 0 Å². The molecule has 1 fully saturated rings. The lowest BCUT2D eigenvalue weighted by Crippen LogP contribution is -2.42. The largest absolute Gasteiger partial charge is 0.478 e. The number of hydrogen-bond acceptors (Lipinski definition) is 4. The minimum Gasteiger partial charge on any atom is -0.478 e. The maximum atomic E-state index is 12.5. The maximum Gasteiger partial charge on any atom is 0.387 e. The molecule has 0 radical (unpaired) electrons. The van der Waals surface area contributed by atoms with Gasteiger partial charge in [-0.2, -0.15) is 8.78 Å². The highest BCUT2D eigenvalue weighted by molar-refractivity contribution is 5.87. The molecule has 1 N–H and O–H groups in total. The first-order valence-corrected chi connectivity index (χ1v) is 6.25. The van der Waals surface area contributed by atoms with Crippen molar-refractivity contribution in [2.24, 2.45) is 5.92 Å². The molecule has 0 bridgehead atoms. The third kappa shape index (κ3) is 3.34. The second-order valence-corrected chi connectivity index (χ2v) is 4.79. The molecular weight excluding hydrogens is 274 g/mol. The SMILES string of the molecule is COC1(OCC2CC2)CC(C(=O)O)=CC=C1OC(F)F. The van der Waals surface area contributed by atoms with Crippen molar-refractivity contribution in [3.05, 3.63) is 23.5 Å². The summed E-state index contributed by atoms with van der Waals surface area (Å²) in [4.78, 5) is 11.0. The van der Waals surface area contributed by atoms with Crippen molar-refractivity contribution in [1.82, 2.24) is 0 Å². The Labute approximate surface area is 114 Å². The van der Waals surface area contributed by atoms with Crippen molar-refractivity contribution in [3.63, 3.8) is 0 Å². The Morgan fingerprint density at radius 1 is 1.50 bits per heavy atom. The fourth-order valence-electron chi connectivity index (χ4n) is 1.96. The summed E-state index contributed by atoms with van der Waals surface area (Å²) in [6, 6.07) is 0. The van der Waals surface area contributed by atoms with Crippen LogP contribution in [0.1, 0.15) is 19.3 Å². The number of carboxylic acids is 1. The Bertz CT molecular complexity index is 442. The zero-order valence-electron chi connectivity index (χ0n) is 11.0. The van der Waals surface area contributed by atoms with Gasteiger partial charge in [-0.15, -0.1) is 0 Å². The predicted octanol–water partition coefficient (Wildman–Crippen LogP) is 2.29. The molecule has 0 aromatic carbocycles. The van der Waals surface area contributed by atoms with Crippen molar-refractivity contribution < 1.29 is 32.9 Å². The molecule has 0 heterocycles. The first-order valence-electron chi connectivity index (χ1n) is 6.25. The molecule has 112 valence electrons. The molecule has 5 nitrogen and oxygen atoms in total. The molecule has 0 spiro atoms. The molecule has 1 unspecified atom stereocenters. The molecule has 1 atom stereocenters. The van der Waals surface area contributed by atoms with Crippen LogP contribution in [-0.2, 0) is 19.0 Å². The van der Waals surface area contributed by atoms with Gasteiger partial charge in [0, 0.05) is 19.1 Å². The lowest BCUT2D eigenvalue weighted by molar-refractivity contribution is -0.242. The van der Waals surface area contributed by atoms with Gasteiger partial charge in [-0.3, -0.25) is 0 Å². The average molecular weight is 290 g/mol. The van der Waals surface area contributed by atoms with E-state index >= 15 is 0 Å². The molecule has 0 aromatic rings. The van der Waals surface area contributed by atoms with E-state index in [2.05, 4.69) is 4.74 Å². The summed E-state index contributed by atoms with van der Waals surface area (Å²) in [7, 11) is 1.28. The Balaban J connectivity index is 2.21. The van der Waals surface area contributed by atoms with Crippen molar-refractivity contribution in [2.45, 2.75) is 31.7 Å². The van der Waals surface area contributed by atoms with Crippen LogP contribution in [0.15, 0.2) is 23.5 Å². The third-order valence-corrected chi connectivity index (χ3v) is 3.30. The molecule has 0 amide bonds. The summed E-state index contributed by atoms with van der Waals surface area (Å²) in [5, 5.41) is 9.03. The normalized spacial score (nSPS) is 26.2. The second-order valence-electron chi connectivity index (χ2n) is 4.79. The fourth-order valence-corrected chi connectivity index (χ4v) is 1.96. The molecule has 7 heteroatoms. The van der Waals surface area contributed by atoms with Crippen LogP contribution in [0.2, 0.25) is 0 Å². The molecular formula is C13H16F2O5. The van der Waals surface area contributed by atoms with Crippen molar-refractivity contribution in [3.8, 4) is 0 Å². The second kappa shape index (κ2) is 5.88. The van der Waals surface area contributed by atoms with E-state index in [1.54, 1.807) is 0 Å². The number of methoxy groups -OCH3 is 1. The number of ether oxygens (including phenoxy) is 3. The standard InChI is InChI=1S/C13H16F2O5/c1-18-13(19-7-8-2-3-8)6-9(11(16)17)4-5-10(13)20-12(14)15/h4-5,8,12H,2-3,6-7H2,1H3,(H,16,17). The summed E-state index contributed by atoms with van der Waals surface area (Å²) in [5.41, 5.74) is 0.0178. The zero-order chi connectivity index (χ0) is 14.8. The smallest absolute Gasteiger partial charge is 0.387 e. The van der Waals surface area contributed by atoms with E-state index in [0.717, 1.165) is 18.9 Å². The Kier molecular flexibility index (Phi) is 4.39. The van der Waals surface area contributed by atoms with Gasteiger partial charge in [-0.1, -0.05) is 0 Å². The molecule has 0 saturated heterocycles. The minimum absolute atomic E-state index is 0.0178. The molecule has 20 heavy (non-hydrogen) atoms. The number of carboxylic acid groups (broad SMARTS) is 1. The highest BCUT2D eigenvalue weighted by Crippen LogP contribution is 2.38. The lowest BCUT2D eigenvalue weighted by Gasteiger charge is -2.35. The number of alkyl halides is 2. The summed E-state index contributed by atoms with van der Waals surface area (Å²) in [6.07, 6.45) is 4.23. The first kappa shape index (κ1) is 14.9. The van der Waals surface area contributed by atoms with E-state index in [1.165, 1.54) is 13.2 Å². The van der Waals surface area contributed by atoms with Crippen LogP contribution in [0.4, 0.5) is 8.78 Å². The number of allylic oxidation sites excluding steroid dienone is 2. The molecule has 2 rings (SSSR count). The number of aliphatic carboxylic acids is 1. The topological polar surface area (TPSA) is 65.0 Å². The lowest BCUT2D eigenvalue weighted by atomic mass is 9.97. The highest BCUT2D eigenvalue weighted by Gasteiger charge is 2.44. The average Bonchev–Trinajstić information content (AvgIpc) is 3.21. The highest BCUT2D eigenvalue weighted by atomic mass is 19.3. The van der Waals surface area contributed by atoms with E-state index in [1.807, 2.05) is 0 Å². The van der Waals surface area contributed by atoms with Crippen LogP contribution in [-0.4, -0.2) is 37.2 Å². The zero-order valence-corrected chi connectivity index (χ0v) is 11.0. The molecule has 0 aromatic heterocycles. The first-order chi connectivity index (χ1) is 9.47. The van der Waals surface area contributed by atoms with Crippen LogP contribution in [0.5, 0.6) is 0 Å². The van der Waals surface area contributed by atoms with Crippen LogP contribution < -0.4 is 0 Å². The third-order valence-electron chi connectivity index (χ3n) is 3.30. The summed E-state index contributed by atoms with van der Waals surface area (Å²) in [5.74, 6) is -2.58. The number of carbonyl (C=O) groups is 1. The van der Waals surface area contributed by atoms with Gasteiger partial charge in [0.1, 0.15) is 0 Å². The minimum atomic E-state index is -3.03. The van der Waals surface area contributed by atoms with Gasteiger partial charge in [0.15, 0.2) is 5.76 Å². The fraction of sp³-hybridized carbons (Fsp3) is 0.615. The van der Waals surface area contributed by atoms with Gasteiger partial charge in [0.25, 0.3) is 0 Å². The van der Waals surface area contributed by atoms with Crippen molar-refractivity contribution >= 4 is 5.97 Å². The molecule has 2 aliphatic rings. The summed E-state index contributed by atoms with van der Waals surface area (Å²) >= 11 is 0. The van der Waals surface area contributed by atoms with E-state index < -0.39 is 18.4 Å². The number of hydrogen-bond donors (Lipinski definition) is 1. The van der Waals surface area contributed by atoms with Gasteiger partial charge < -0.3 is 19.3 Å². The molecule has 2 aliphatic carbocycles. The van der Waals surface area contributed by atoms with Crippen LogP contribution in [0, 0.1) is 5.92 Å². The van der Waals surface area contributed by atoms with Gasteiger partial charge in [-0.25, -0.2) is 4.79 Å². The van der Waals surface area contributed by atoms with Crippen molar-refractivity contribution in [2.75, 3.05) is 13.7 Å². The predicted molar refractivity (Wildman–Crippen MR) is 63.9 cm³/mol. The van der Waals surface area contributed by atoms with E-state index in [0.29, 0.717) is 12.5 Å². The van der Waals surface area contributed by atoms with E-state index in [-0.39, 0.29) is 17.8 Å². The van der Waals surface area contributed by atoms with Gasteiger partial charge >= 0.3 is 12.6 Å². The summed E-state index contributed by atoms with van der Waals surface area (Å²) in [6.45, 7) is -2.70. The van der Waals surface area contributed by atoms with E-state index in [4.69, 9.17) is 14.6 Å². The maximum absolute atomic E-state index is 12.5. The Hall–Kier alpha value is -1.47. The number of rotatable bonds is 7. The van der Waals surface area contributed by atoms with Gasteiger partial charge in [0.05, 0.1) is 6.61 Å². The van der Waals surface area contributed by atoms with Crippen LogP contribution in [0.25, 0.3) is 0 Å². The molecule has 0 aliphatic heterocycles.